The summed E-state index contributed by atoms with van der Waals surface area (Å²) in [4.78, 5) is 28.2. The summed E-state index contributed by atoms with van der Waals surface area (Å²) in [6, 6.07) is 17.4. The van der Waals surface area contributed by atoms with Crippen LogP contribution >= 0.6 is 0 Å². The van der Waals surface area contributed by atoms with E-state index in [2.05, 4.69) is 0 Å². The van der Waals surface area contributed by atoms with E-state index in [1.807, 2.05) is 51.1 Å². The molecule has 0 spiro atoms. The minimum absolute atomic E-state index is 0.0452. The van der Waals surface area contributed by atoms with E-state index in [0.29, 0.717) is 40.7 Å². The average Bonchev–Trinajstić information content (AvgIpc) is 3.24. The molecule has 1 saturated heterocycles. The minimum atomic E-state index is -0.927. The number of Topliss-reactive ketones (excluding diaryl/α,β-unsaturated/α-hetero) is 1. The van der Waals surface area contributed by atoms with E-state index in [-0.39, 0.29) is 30.6 Å². The molecule has 1 aliphatic rings. The van der Waals surface area contributed by atoms with Gasteiger partial charge in [0.2, 0.25) is 5.75 Å². The van der Waals surface area contributed by atoms with Crippen LogP contribution in [0.1, 0.15) is 42.1 Å². The normalized spacial score (nSPS) is 16.2. The number of aliphatic hydroxyl groups is 1. The number of carbonyl (C=O) groups excluding carboxylic acids is 2. The molecule has 3 aromatic carbocycles. The molecule has 1 fully saturated rings. The fourth-order valence-electron chi connectivity index (χ4n) is 4.95. The van der Waals surface area contributed by atoms with E-state index >= 15 is 0 Å². The highest BCUT2D eigenvalue weighted by atomic mass is 16.5. The summed E-state index contributed by atoms with van der Waals surface area (Å²) in [5.74, 6) is -0.108. The van der Waals surface area contributed by atoms with Gasteiger partial charge in [0.1, 0.15) is 18.1 Å². The SMILES string of the molecule is COc1cc(C2/C(=C(\O)c3ccc(OCc4ccccc4)c(C)c3)C(=O)C(=O)N2CCOC(C)C)cc(OC)c1OC. The first kappa shape index (κ1) is 30.5. The quantitative estimate of drug-likeness (QED) is 0.173. The molecule has 4 rings (SSSR count). The highest BCUT2D eigenvalue weighted by Crippen LogP contribution is 2.45. The fourth-order valence-corrected chi connectivity index (χ4v) is 4.95. The van der Waals surface area contributed by atoms with Gasteiger partial charge in [-0.05, 0) is 67.8 Å². The molecule has 1 aliphatic heterocycles. The molecule has 0 saturated carbocycles. The zero-order valence-corrected chi connectivity index (χ0v) is 24.8. The Morgan fingerprint density at radius 1 is 0.905 bits per heavy atom. The molecule has 0 bridgehead atoms. The number of likely N-dealkylation sites (tertiary alicyclic amines) is 1. The number of aliphatic hydroxyl groups excluding tert-OH is 1. The third kappa shape index (κ3) is 6.36. The molecule has 3 aromatic rings. The minimum Gasteiger partial charge on any atom is -0.507 e. The Morgan fingerprint density at radius 3 is 2.14 bits per heavy atom. The number of hydrogen-bond donors (Lipinski definition) is 1. The van der Waals surface area contributed by atoms with Gasteiger partial charge in [-0.2, -0.15) is 0 Å². The molecular weight excluding hydrogens is 538 g/mol. The van der Waals surface area contributed by atoms with Gasteiger partial charge >= 0.3 is 0 Å². The second-order valence-corrected chi connectivity index (χ2v) is 10.1. The largest absolute Gasteiger partial charge is 0.507 e. The Kier molecular flexibility index (Phi) is 9.75. The number of benzene rings is 3. The maximum Gasteiger partial charge on any atom is 0.295 e. The van der Waals surface area contributed by atoms with Crippen LogP contribution in [0, 0.1) is 6.92 Å². The van der Waals surface area contributed by atoms with Crippen molar-refractivity contribution in [1.82, 2.24) is 4.90 Å². The highest BCUT2D eigenvalue weighted by Gasteiger charge is 2.46. The van der Waals surface area contributed by atoms with Crippen LogP contribution in [-0.4, -0.2) is 62.3 Å². The van der Waals surface area contributed by atoms with Gasteiger partial charge in [0.15, 0.2) is 11.5 Å². The van der Waals surface area contributed by atoms with Gasteiger partial charge in [-0.25, -0.2) is 0 Å². The molecule has 1 heterocycles. The molecule has 42 heavy (non-hydrogen) atoms. The Morgan fingerprint density at radius 2 is 1.57 bits per heavy atom. The van der Waals surface area contributed by atoms with Gasteiger partial charge in [-0.3, -0.25) is 9.59 Å². The molecule has 0 radical (unpaired) electrons. The second kappa shape index (κ2) is 13.4. The first-order chi connectivity index (χ1) is 20.2. The third-order valence-electron chi connectivity index (χ3n) is 7.01. The van der Waals surface area contributed by atoms with Crippen molar-refractivity contribution in [2.75, 3.05) is 34.5 Å². The van der Waals surface area contributed by atoms with Crippen molar-refractivity contribution in [3.63, 3.8) is 0 Å². The summed E-state index contributed by atoms with van der Waals surface area (Å²) in [5.41, 5.74) is 2.63. The first-order valence-corrected chi connectivity index (χ1v) is 13.7. The summed E-state index contributed by atoms with van der Waals surface area (Å²) in [5, 5.41) is 11.6. The van der Waals surface area contributed by atoms with Crippen molar-refractivity contribution in [2.24, 2.45) is 0 Å². The van der Waals surface area contributed by atoms with Gasteiger partial charge in [0.05, 0.1) is 45.7 Å². The van der Waals surface area contributed by atoms with Crippen molar-refractivity contribution >= 4 is 17.4 Å². The molecule has 1 unspecified atom stereocenters. The van der Waals surface area contributed by atoms with Crippen LogP contribution in [0.2, 0.25) is 0 Å². The summed E-state index contributed by atoms with van der Waals surface area (Å²) in [6.45, 7) is 6.36. The van der Waals surface area contributed by atoms with Gasteiger partial charge < -0.3 is 33.7 Å². The maximum absolute atomic E-state index is 13.5. The standard InChI is InChI=1S/C33H37NO8/c1-20(2)41-15-14-34-29(24-17-26(38-4)32(40-6)27(18-24)39-5)28(31(36)33(34)37)30(35)23-12-13-25(21(3)16-23)42-19-22-10-8-7-9-11-22/h7-13,16-18,20,29,35H,14-15,19H2,1-6H3/b30-28+. The monoisotopic (exact) mass is 575 g/mol. The molecule has 1 atom stereocenters. The average molecular weight is 576 g/mol. The van der Waals surface area contributed by atoms with E-state index in [0.717, 1.165) is 11.1 Å². The smallest absolute Gasteiger partial charge is 0.295 e. The molecular formula is C33H37NO8. The Bertz CT molecular complexity index is 1440. The van der Waals surface area contributed by atoms with Crippen LogP contribution in [0.15, 0.2) is 66.2 Å². The van der Waals surface area contributed by atoms with Gasteiger partial charge in [-0.15, -0.1) is 0 Å². The van der Waals surface area contributed by atoms with Crippen molar-refractivity contribution in [3.8, 4) is 23.0 Å². The molecule has 222 valence electrons. The lowest BCUT2D eigenvalue weighted by molar-refractivity contribution is -0.140. The van der Waals surface area contributed by atoms with E-state index in [1.165, 1.54) is 26.2 Å². The van der Waals surface area contributed by atoms with Crippen molar-refractivity contribution in [1.29, 1.82) is 0 Å². The van der Waals surface area contributed by atoms with Gasteiger partial charge in [0, 0.05) is 12.1 Å². The Hall–Kier alpha value is -4.50. The van der Waals surface area contributed by atoms with E-state index in [4.69, 9.17) is 23.7 Å². The van der Waals surface area contributed by atoms with Crippen LogP contribution < -0.4 is 18.9 Å². The van der Waals surface area contributed by atoms with Crippen molar-refractivity contribution in [3.05, 3.63) is 88.5 Å². The number of ketones is 1. The third-order valence-corrected chi connectivity index (χ3v) is 7.01. The lowest BCUT2D eigenvalue weighted by Crippen LogP contribution is -2.33. The van der Waals surface area contributed by atoms with Crippen molar-refractivity contribution < 1.29 is 38.4 Å². The Balaban J connectivity index is 1.77. The number of ether oxygens (including phenoxy) is 5. The highest BCUT2D eigenvalue weighted by molar-refractivity contribution is 6.46. The lowest BCUT2D eigenvalue weighted by atomic mass is 9.94. The van der Waals surface area contributed by atoms with Crippen LogP contribution in [0.4, 0.5) is 0 Å². The summed E-state index contributed by atoms with van der Waals surface area (Å²) in [7, 11) is 4.46. The van der Waals surface area contributed by atoms with Crippen LogP contribution in [-0.2, 0) is 20.9 Å². The zero-order valence-electron chi connectivity index (χ0n) is 24.8. The maximum atomic E-state index is 13.5. The first-order valence-electron chi connectivity index (χ1n) is 13.7. The predicted octanol–water partition coefficient (Wildman–Crippen LogP) is 5.45. The summed E-state index contributed by atoms with van der Waals surface area (Å²) in [6.07, 6.45) is -0.0629. The van der Waals surface area contributed by atoms with E-state index in [1.54, 1.807) is 30.3 Å². The molecule has 0 aromatic heterocycles. The number of rotatable bonds is 12. The topological polar surface area (TPSA) is 104 Å². The van der Waals surface area contributed by atoms with E-state index in [9.17, 15) is 14.7 Å². The van der Waals surface area contributed by atoms with Gasteiger partial charge in [0.25, 0.3) is 11.7 Å². The van der Waals surface area contributed by atoms with Crippen molar-refractivity contribution in [2.45, 2.75) is 39.5 Å². The number of nitrogens with zero attached hydrogens (tertiary/aromatic N) is 1. The molecule has 1 N–H and O–H groups in total. The number of amides is 1. The molecule has 1 amide bonds. The molecule has 0 aliphatic carbocycles. The summed E-state index contributed by atoms with van der Waals surface area (Å²) >= 11 is 0. The van der Waals surface area contributed by atoms with Crippen LogP contribution in [0.25, 0.3) is 5.76 Å². The number of methoxy groups -OCH3 is 3. The number of hydrogen-bond acceptors (Lipinski definition) is 8. The number of aryl methyl sites for hydroxylation is 1. The fraction of sp³-hybridized carbons (Fsp3) is 0.333. The van der Waals surface area contributed by atoms with Crippen LogP contribution in [0.5, 0.6) is 23.0 Å². The molecule has 9 heteroatoms. The second-order valence-electron chi connectivity index (χ2n) is 10.1. The van der Waals surface area contributed by atoms with Crippen LogP contribution in [0.3, 0.4) is 0 Å². The zero-order chi connectivity index (χ0) is 30.4. The van der Waals surface area contributed by atoms with Gasteiger partial charge in [-0.1, -0.05) is 30.3 Å². The Labute approximate surface area is 246 Å². The molecule has 9 nitrogen and oxygen atoms in total. The number of carbonyl (C=O) groups is 2. The lowest BCUT2D eigenvalue weighted by Gasteiger charge is -2.27. The van der Waals surface area contributed by atoms with E-state index < -0.39 is 17.7 Å². The predicted molar refractivity (Wildman–Crippen MR) is 158 cm³/mol. The summed E-state index contributed by atoms with van der Waals surface area (Å²) < 4.78 is 28.2.